The lowest BCUT2D eigenvalue weighted by atomic mass is 9.97. The topological polar surface area (TPSA) is 87.7 Å². The van der Waals surface area contributed by atoms with Crippen molar-refractivity contribution in [1.29, 1.82) is 5.41 Å². The Bertz CT molecular complexity index is 1250. The average Bonchev–Trinajstić information content (AvgIpc) is 3.04. The molecule has 0 atom stereocenters. The van der Waals surface area contributed by atoms with E-state index in [1.165, 1.54) is 0 Å². The van der Waals surface area contributed by atoms with Gasteiger partial charge in [-0.05, 0) is 40.5 Å². The van der Waals surface area contributed by atoms with E-state index in [-0.39, 0.29) is 17.3 Å². The maximum Gasteiger partial charge on any atom is 0.275 e. The second-order valence-electron chi connectivity index (χ2n) is 7.62. The number of fused-ring (bicyclic) bond motifs is 1. The van der Waals surface area contributed by atoms with Crippen LogP contribution in [0, 0.1) is 5.41 Å². The fourth-order valence-electron chi connectivity index (χ4n) is 3.67. The van der Waals surface area contributed by atoms with Crippen LogP contribution in [0.4, 0.5) is 0 Å². The third kappa shape index (κ3) is 3.59. The Balaban J connectivity index is 1.78. The lowest BCUT2D eigenvalue weighted by Gasteiger charge is -2.08. The first-order valence-electron chi connectivity index (χ1n) is 9.70. The van der Waals surface area contributed by atoms with Crippen LogP contribution < -0.4 is 11.3 Å². The van der Waals surface area contributed by atoms with E-state index in [4.69, 9.17) is 11.1 Å². The fraction of sp³-hybridized carbons (Fsp3) is 0.167. The first-order valence-corrected chi connectivity index (χ1v) is 9.70. The summed E-state index contributed by atoms with van der Waals surface area (Å²) >= 11 is 0. The van der Waals surface area contributed by atoms with E-state index in [0.29, 0.717) is 12.0 Å². The van der Waals surface area contributed by atoms with Gasteiger partial charge in [-0.3, -0.25) is 15.3 Å². The SMILES string of the molecule is CC(C)c1[nH]n(-c2ccccc2)c(=O)c1Cc1ccc2ccc(C(=N)N)cc2c1. The molecule has 0 saturated heterocycles. The Morgan fingerprint density at radius 2 is 1.76 bits per heavy atom. The van der Waals surface area contributed by atoms with Crippen LogP contribution in [0.25, 0.3) is 16.5 Å². The summed E-state index contributed by atoms with van der Waals surface area (Å²) in [5.74, 6) is 0.253. The smallest absolute Gasteiger partial charge is 0.275 e. The summed E-state index contributed by atoms with van der Waals surface area (Å²) in [5, 5.41) is 13.1. The highest BCUT2D eigenvalue weighted by Crippen LogP contribution is 2.23. The number of nitrogens with two attached hydrogens (primary N) is 1. The third-order valence-electron chi connectivity index (χ3n) is 5.21. The minimum atomic E-state index is -0.0162. The van der Waals surface area contributed by atoms with Crippen molar-refractivity contribution in [1.82, 2.24) is 9.78 Å². The maximum absolute atomic E-state index is 13.2. The van der Waals surface area contributed by atoms with Gasteiger partial charge in [0, 0.05) is 23.2 Å². The van der Waals surface area contributed by atoms with E-state index in [1.807, 2.05) is 54.6 Å². The molecule has 3 aromatic carbocycles. The number of hydrogen-bond donors (Lipinski definition) is 3. The number of rotatable bonds is 5. The van der Waals surface area contributed by atoms with Gasteiger partial charge in [-0.25, -0.2) is 4.68 Å². The summed E-state index contributed by atoms with van der Waals surface area (Å²) in [6.45, 7) is 4.17. The van der Waals surface area contributed by atoms with Crippen LogP contribution in [0.5, 0.6) is 0 Å². The molecule has 5 nitrogen and oxygen atoms in total. The third-order valence-corrected chi connectivity index (χ3v) is 5.21. The van der Waals surface area contributed by atoms with Gasteiger partial charge in [0.15, 0.2) is 0 Å². The second kappa shape index (κ2) is 7.43. The van der Waals surface area contributed by atoms with Gasteiger partial charge < -0.3 is 5.73 Å². The Labute approximate surface area is 169 Å². The number of aromatic amines is 1. The van der Waals surface area contributed by atoms with Crippen LogP contribution in [0.3, 0.4) is 0 Å². The molecule has 0 unspecified atom stereocenters. The minimum absolute atomic E-state index is 0.0162. The van der Waals surface area contributed by atoms with Crippen LogP contribution in [0.1, 0.15) is 42.1 Å². The number of amidine groups is 1. The number of aromatic nitrogens is 2. The molecule has 0 amide bonds. The fourth-order valence-corrected chi connectivity index (χ4v) is 3.67. The molecule has 0 aliphatic heterocycles. The molecule has 29 heavy (non-hydrogen) atoms. The van der Waals surface area contributed by atoms with E-state index in [9.17, 15) is 4.79 Å². The normalized spacial score (nSPS) is 11.3. The van der Waals surface area contributed by atoms with Gasteiger partial charge in [-0.2, -0.15) is 0 Å². The molecular weight excluding hydrogens is 360 g/mol. The van der Waals surface area contributed by atoms with E-state index >= 15 is 0 Å². The quantitative estimate of drug-likeness (QED) is 0.353. The van der Waals surface area contributed by atoms with Crippen molar-refractivity contribution in [3.63, 3.8) is 0 Å². The van der Waals surface area contributed by atoms with Crippen LogP contribution >= 0.6 is 0 Å². The highest BCUT2D eigenvalue weighted by Gasteiger charge is 2.18. The molecule has 0 aliphatic rings. The first kappa shape index (κ1) is 18.7. The Kier molecular flexibility index (Phi) is 4.80. The van der Waals surface area contributed by atoms with E-state index in [0.717, 1.165) is 33.3 Å². The molecule has 4 N–H and O–H groups in total. The van der Waals surface area contributed by atoms with Crippen molar-refractivity contribution in [2.45, 2.75) is 26.2 Å². The summed E-state index contributed by atoms with van der Waals surface area (Å²) in [4.78, 5) is 13.2. The van der Waals surface area contributed by atoms with Gasteiger partial charge >= 0.3 is 0 Å². The molecule has 4 rings (SSSR count). The van der Waals surface area contributed by atoms with Crippen LogP contribution in [0.15, 0.2) is 71.5 Å². The Morgan fingerprint density at radius 3 is 2.45 bits per heavy atom. The van der Waals surface area contributed by atoms with Gasteiger partial charge in [0.25, 0.3) is 5.56 Å². The molecule has 1 heterocycles. The molecule has 146 valence electrons. The number of nitrogen functional groups attached to an aromatic ring is 1. The number of nitrogens with one attached hydrogen (secondary N) is 2. The van der Waals surface area contributed by atoms with Gasteiger partial charge in [-0.15, -0.1) is 0 Å². The molecule has 0 saturated carbocycles. The molecule has 0 fully saturated rings. The van der Waals surface area contributed by atoms with Crippen molar-refractivity contribution in [3.8, 4) is 5.69 Å². The maximum atomic E-state index is 13.2. The lowest BCUT2D eigenvalue weighted by molar-refractivity contribution is 0.758. The number of nitrogens with zero attached hydrogens (tertiary/aromatic N) is 1. The molecule has 5 heteroatoms. The largest absolute Gasteiger partial charge is 0.384 e. The second-order valence-corrected chi connectivity index (χ2v) is 7.62. The van der Waals surface area contributed by atoms with Crippen molar-refractivity contribution in [2.24, 2.45) is 5.73 Å². The molecule has 0 aliphatic carbocycles. The molecule has 0 radical (unpaired) electrons. The number of hydrogen-bond acceptors (Lipinski definition) is 2. The minimum Gasteiger partial charge on any atom is -0.384 e. The van der Waals surface area contributed by atoms with Crippen LogP contribution in [-0.4, -0.2) is 15.6 Å². The van der Waals surface area contributed by atoms with Gasteiger partial charge in [0.05, 0.1) is 5.69 Å². The molecular formula is C24H24N4O. The van der Waals surface area contributed by atoms with Crippen molar-refractivity contribution >= 4 is 16.6 Å². The van der Waals surface area contributed by atoms with Crippen molar-refractivity contribution < 1.29 is 0 Å². The van der Waals surface area contributed by atoms with E-state index < -0.39 is 0 Å². The zero-order valence-electron chi connectivity index (χ0n) is 16.6. The van der Waals surface area contributed by atoms with Crippen LogP contribution in [0.2, 0.25) is 0 Å². The zero-order valence-corrected chi connectivity index (χ0v) is 16.6. The number of H-pyrrole nitrogens is 1. The summed E-state index contributed by atoms with van der Waals surface area (Å²) < 4.78 is 1.62. The predicted octanol–water partition coefficient (Wildman–Crippen LogP) is 4.32. The average molecular weight is 384 g/mol. The lowest BCUT2D eigenvalue weighted by Crippen LogP contribution is -2.17. The molecule has 1 aromatic heterocycles. The van der Waals surface area contributed by atoms with Crippen molar-refractivity contribution in [3.05, 3.63) is 99.5 Å². The highest BCUT2D eigenvalue weighted by molar-refractivity contribution is 5.99. The number of para-hydroxylation sites is 1. The Hall–Kier alpha value is -3.60. The molecule has 0 bridgehead atoms. The summed E-state index contributed by atoms with van der Waals surface area (Å²) in [6, 6.07) is 21.5. The Morgan fingerprint density at radius 1 is 1.03 bits per heavy atom. The van der Waals surface area contributed by atoms with Crippen molar-refractivity contribution in [2.75, 3.05) is 0 Å². The molecule has 4 aromatic rings. The monoisotopic (exact) mass is 384 g/mol. The first-order chi connectivity index (χ1) is 13.9. The number of benzene rings is 3. The van der Waals surface area contributed by atoms with Gasteiger partial charge in [0.2, 0.25) is 0 Å². The summed E-state index contributed by atoms with van der Waals surface area (Å²) in [7, 11) is 0. The molecule has 0 spiro atoms. The van der Waals surface area contributed by atoms with Crippen LogP contribution in [-0.2, 0) is 6.42 Å². The van der Waals surface area contributed by atoms with Gasteiger partial charge in [0.1, 0.15) is 5.84 Å². The summed E-state index contributed by atoms with van der Waals surface area (Å²) in [6.07, 6.45) is 0.545. The summed E-state index contributed by atoms with van der Waals surface area (Å²) in [5.41, 5.74) is 9.94. The highest BCUT2D eigenvalue weighted by atomic mass is 16.1. The predicted molar refractivity (Wildman–Crippen MR) is 118 cm³/mol. The van der Waals surface area contributed by atoms with Gasteiger partial charge in [-0.1, -0.05) is 62.4 Å². The van der Waals surface area contributed by atoms with E-state index in [2.05, 4.69) is 31.1 Å². The van der Waals surface area contributed by atoms with E-state index in [1.54, 1.807) is 4.68 Å². The standard InChI is InChI=1S/C24H24N4O/c1-15(2)22-21(24(29)28(27-22)20-6-4-3-5-7-20)13-16-8-9-17-10-11-18(23(25)26)14-19(17)12-16/h3-12,14-15,27H,13H2,1-2H3,(H3,25,26). The zero-order chi connectivity index (χ0) is 20.5.